The van der Waals surface area contributed by atoms with E-state index in [1.165, 1.54) is 10.5 Å². The van der Waals surface area contributed by atoms with E-state index in [2.05, 4.69) is 46.4 Å². The summed E-state index contributed by atoms with van der Waals surface area (Å²) in [6.07, 6.45) is 4.32. The second-order valence-corrected chi connectivity index (χ2v) is 5.45. The van der Waals surface area contributed by atoms with E-state index in [1.54, 1.807) is 24.2 Å². The molecular weight excluding hydrogens is 264 g/mol. The molecule has 0 bridgehead atoms. The van der Waals surface area contributed by atoms with Crippen molar-refractivity contribution in [1.29, 1.82) is 0 Å². The summed E-state index contributed by atoms with van der Waals surface area (Å²) in [5, 5.41) is 0.975. The normalized spacial score (nSPS) is 10.4. The second kappa shape index (κ2) is 6.35. The molecule has 0 aliphatic heterocycles. The van der Waals surface area contributed by atoms with Crippen molar-refractivity contribution in [2.75, 3.05) is 0 Å². The van der Waals surface area contributed by atoms with E-state index in [1.807, 2.05) is 24.3 Å². The van der Waals surface area contributed by atoms with Crippen LogP contribution in [0.25, 0.3) is 0 Å². The predicted octanol–water partition coefficient (Wildman–Crippen LogP) is 4.22. The third kappa shape index (κ3) is 3.25. The Labute approximate surface area is 122 Å². The molecule has 0 atom stereocenters. The standard InChI is InChI=1S/C17H14N2S/c1-3-7-14(8-4-1)13-16-17(19-12-11-18-16)20-15-9-5-2-6-10-15/h1-12H,13H2. The lowest BCUT2D eigenvalue weighted by molar-refractivity contribution is 0.931. The zero-order valence-electron chi connectivity index (χ0n) is 10.9. The summed E-state index contributed by atoms with van der Waals surface area (Å²) in [6.45, 7) is 0. The van der Waals surface area contributed by atoms with Crippen LogP contribution >= 0.6 is 11.8 Å². The first-order chi connectivity index (χ1) is 9.92. The Hall–Kier alpha value is -2.13. The van der Waals surface area contributed by atoms with Gasteiger partial charge in [0.25, 0.3) is 0 Å². The lowest BCUT2D eigenvalue weighted by atomic mass is 10.1. The van der Waals surface area contributed by atoms with Gasteiger partial charge in [-0.1, -0.05) is 60.3 Å². The molecular formula is C17H14N2S. The van der Waals surface area contributed by atoms with Crippen molar-refractivity contribution in [3.63, 3.8) is 0 Å². The average Bonchev–Trinajstić information content (AvgIpc) is 2.51. The van der Waals surface area contributed by atoms with Crippen molar-refractivity contribution in [1.82, 2.24) is 9.97 Å². The fourth-order valence-electron chi connectivity index (χ4n) is 1.95. The fourth-order valence-corrected chi connectivity index (χ4v) is 2.82. The van der Waals surface area contributed by atoms with Gasteiger partial charge >= 0.3 is 0 Å². The highest BCUT2D eigenvalue weighted by Crippen LogP contribution is 2.28. The Bertz CT molecular complexity index is 608. The maximum absolute atomic E-state index is 4.49. The molecule has 0 N–H and O–H groups in total. The average molecular weight is 278 g/mol. The second-order valence-electron chi connectivity index (χ2n) is 4.39. The molecule has 3 aromatic rings. The number of hydrogen-bond acceptors (Lipinski definition) is 3. The van der Waals surface area contributed by atoms with Crippen LogP contribution in [0.4, 0.5) is 0 Å². The zero-order chi connectivity index (χ0) is 13.6. The highest BCUT2D eigenvalue weighted by atomic mass is 32.2. The molecule has 0 saturated heterocycles. The predicted molar refractivity (Wildman–Crippen MR) is 81.8 cm³/mol. The van der Waals surface area contributed by atoms with Crippen LogP contribution in [-0.4, -0.2) is 9.97 Å². The monoisotopic (exact) mass is 278 g/mol. The number of nitrogens with zero attached hydrogens (tertiary/aromatic N) is 2. The quantitative estimate of drug-likeness (QED) is 0.714. The summed E-state index contributed by atoms with van der Waals surface area (Å²) < 4.78 is 0. The van der Waals surface area contributed by atoms with Gasteiger partial charge in [-0.05, 0) is 17.7 Å². The largest absolute Gasteiger partial charge is 0.257 e. The van der Waals surface area contributed by atoms with Gasteiger partial charge in [0.1, 0.15) is 5.03 Å². The van der Waals surface area contributed by atoms with Crippen molar-refractivity contribution in [2.45, 2.75) is 16.3 Å². The lowest BCUT2D eigenvalue weighted by Crippen LogP contribution is -1.96. The van der Waals surface area contributed by atoms with Crippen LogP contribution < -0.4 is 0 Å². The molecule has 0 saturated carbocycles. The molecule has 2 nitrogen and oxygen atoms in total. The molecule has 0 radical (unpaired) electrons. The molecule has 0 aliphatic rings. The minimum absolute atomic E-state index is 0.809. The molecule has 0 fully saturated rings. The molecule has 3 rings (SSSR count). The summed E-state index contributed by atoms with van der Waals surface area (Å²) >= 11 is 1.66. The molecule has 20 heavy (non-hydrogen) atoms. The Morgan fingerprint density at radius 2 is 1.40 bits per heavy atom. The SMILES string of the molecule is c1ccc(Cc2nccnc2Sc2ccccc2)cc1. The molecule has 1 heterocycles. The van der Waals surface area contributed by atoms with E-state index in [0.29, 0.717) is 0 Å². The van der Waals surface area contributed by atoms with Crippen molar-refractivity contribution in [3.8, 4) is 0 Å². The van der Waals surface area contributed by atoms with E-state index in [9.17, 15) is 0 Å². The molecule has 98 valence electrons. The van der Waals surface area contributed by atoms with Gasteiger partial charge in [0, 0.05) is 23.7 Å². The Morgan fingerprint density at radius 3 is 2.15 bits per heavy atom. The van der Waals surface area contributed by atoms with E-state index in [0.717, 1.165) is 17.1 Å². The topological polar surface area (TPSA) is 25.8 Å². The first-order valence-electron chi connectivity index (χ1n) is 6.48. The van der Waals surface area contributed by atoms with Crippen molar-refractivity contribution < 1.29 is 0 Å². The molecule has 1 aromatic heterocycles. The van der Waals surface area contributed by atoms with Gasteiger partial charge in [0.15, 0.2) is 0 Å². The number of hydrogen-bond donors (Lipinski definition) is 0. The molecule has 0 amide bonds. The van der Waals surface area contributed by atoms with Gasteiger partial charge in [-0.3, -0.25) is 4.98 Å². The van der Waals surface area contributed by atoms with Crippen LogP contribution in [0.1, 0.15) is 11.3 Å². The first-order valence-corrected chi connectivity index (χ1v) is 7.30. The van der Waals surface area contributed by atoms with Gasteiger partial charge < -0.3 is 0 Å². The lowest BCUT2D eigenvalue weighted by Gasteiger charge is -2.07. The molecule has 0 unspecified atom stereocenters. The Kier molecular flexibility index (Phi) is 4.09. The number of aromatic nitrogens is 2. The third-order valence-corrected chi connectivity index (χ3v) is 3.95. The van der Waals surface area contributed by atoms with Gasteiger partial charge in [0.2, 0.25) is 0 Å². The minimum atomic E-state index is 0.809. The van der Waals surface area contributed by atoms with Gasteiger partial charge in [-0.25, -0.2) is 4.98 Å². The smallest absolute Gasteiger partial charge is 0.123 e. The molecule has 3 heteroatoms. The van der Waals surface area contributed by atoms with Gasteiger partial charge in [-0.15, -0.1) is 0 Å². The van der Waals surface area contributed by atoms with E-state index >= 15 is 0 Å². The summed E-state index contributed by atoms with van der Waals surface area (Å²) in [4.78, 5) is 10.1. The van der Waals surface area contributed by atoms with Crippen molar-refractivity contribution >= 4 is 11.8 Å². The Morgan fingerprint density at radius 1 is 0.750 bits per heavy atom. The molecule has 0 spiro atoms. The van der Waals surface area contributed by atoms with Crippen LogP contribution in [-0.2, 0) is 6.42 Å². The van der Waals surface area contributed by atoms with E-state index in [4.69, 9.17) is 0 Å². The highest BCUT2D eigenvalue weighted by Gasteiger charge is 2.07. The van der Waals surface area contributed by atoms with E-state index in [-0.39, 0.29) is 0 Å². The van der Waals surface area contributed by atoms with Crippen LogP contribution in [0, 0.1) is 0 Å². The summed E-state index contributed by atoms with van der Waals surface area (Å²) in [7, 11) is 0. The molecule has 2 aromatic carbocycles. The number of benzene rings is 2. The summed E-state index contributed by atoms with van der Waals surface area (Å²) in [5.74, 6) is 0. The maximum atomic E-state index is 4.49. The summed E-state index contributed by atoms with van der Waals surface area (Å²) in [6, 6.07) is 20.6. The minimum Gasteiger partial charge on any atom is -0.257 e. The van der Waals surface area contributed by atoms with Crippen LogP contribution in [0.3, 0.4) is 0 Å². The van der Waals surface area contributed by atoms with Crippen LogP contribution in [0.5, 0.6) is 0 Å². The van der Waals surface area contributed by atoms with Crippen LogP contribution in [0.2, 0.25) is 0 Å². The number of rotatable bonds is 4. The fraction of sp³-hybridized carbons (Fsp3) is 0.0588. The van der Waals surface area contributed by atoms with Crippen molar-refractivity contribution in [3.05, 3.63) is 84.3 Å². The maximum Gasteiger partial charge on any atom is 0.123 e. The highest BCUT2D eigenvalue weighted by molar-refractivity contribution is 7.99. The van der Waals surface area contributed by atoms with Crippen LogP contribution in [0.15, 0.2) is 83.0 Å². The van der Waals surface area contributed by atoms with Crippen molar-refractivity contribution in [2.24, 2.45) is 0 Å². The summed E-state index contributed by atoms with van der Waals surface area (Å²) in [5.41, 5.74) is 2.27. The van der Waals surface area contributed by atoms with E-state index < -0.39 is 0 Å². The van der Waals surface area contributed by atoms with Gasteiger partial charge in [-0.2, -0.15) is 0 Å². The van der Waals surface area contributed by atoms with Gasteiger partial charge in [0.05, 0.1) is 5.69 Å². The zero-order valence-corrected chi connectivity index (χ0v) is 11.8. The molecule has 0 aliphatic carbocycles. The third-order valence-electron chi connectivity index (χ3n) is 2.91. The Balaban J connectivity index is 1.85. The first kappa shape index (κ1) is 12.9.